The molecular weight excluding hydrogens is 344 g/mol. The third-order valence-electron chi connectivity index (χ3n) is 3.93. The Bertz CT molecular complexity index is 784. The number of nitrogens with zero attached hydrogens (tertiary/aromatic N) is 3. The smallest absolute Gasteiger partial charge is 0.310 e. The van der Waals surface area contributed by atoms with Gasteiger partial charge in [0, 0.05) is 23.5 Å². The lowest BCUT2D eigenvalue weighted by molar-refractivity contribution is -0.142. The van der Waals surface area contributed by atoms with Crippen molar-refractivity contribution in [3.05, 3.63) is 47.0 Å². The monoisotopic (exact) mass is 372 g/mol. The van der Waals surface area contributed by atoms with Crippen molar-refractivity contribution in [2.45, 2.75) is 46.6 Å². The largest absolute Gasteiger partial charge is 0.477 e. The summed E-state index contributed by atoms with van der Waals surface area (Å²) < 4.78 is 12.5. The van der Waals surface area contributed by atoms with Gasteiger partial charge in [-0.15, -0.1) is 0 Å². The van der Waals surface area contributed by atoms with Crippen LogP contribution in [0.5, 0.6) is 5.88 Å². The maximum atomic E-state index is 11.8. The molecule has 0 saturated heterocycles. The van der Waals surface area contributed by atoms with Gasteiger partial charge in [-0.05, 0) is 44.2 Å². The lowest BCUT2D eigenvalue weighted by Gasteiger charge is -2.09. The molecule has 0 aliphatic rings. The van der Waals surface area contributed by atoms with Crippen LogP contribution in [0.25, 0.3) is 6.08 Å². The van der Waals surface area contributed by atoms with Crippen LogP contribution in [0.4, 0.5) is 0 Å². The summed E-state index contributed by atoms with van der Waals surface area (Å²) in [5.41, 5.74) is 8.93. The molecule has 0 atom stereocenters. The van der Waals surface area contributed by atoms with Crippen LogP contribution in [0, 0.1) is 6.92 Å². The Balaban J connectivity index is 2.12. The fourth-order valence-corrected chi connectivity index (χ4v) is 2.65. The molecule has 7 heteroatoms. The van der Waals surface area contributed by atoms with Gasteiger partial charge < -0.3 is 15.2 Å². The number of esters is 1. The number of unbranched alkanes of at least 4 members (excludes halogenated alkanes) is 1. The van der Waals surface area contributed by atoms with Crippen molar-refractivity contribution in [3.8, 4) is 5.88 Å². The summed E-state index contributed by atoms with van der Waals surface area (Å²) >= 11 is 0. The van der Waals surface area contributed by atoms with Crippen LogP contribution in [0.15, 0.2) is 24.7 Å². The first-order valence-corrected chi connectivity index (χ1v) is 9.25. The number of rotatable bonds is 10. The van der Waals surface area contributed by atoms with Crippen molar-refractivity contribution in [3.63, 3.8) is 0 Å². The summed E-state index contributed by atoms with van der Waals surface area (Å²) in [5, 5.41) is 4.50. The number of carbonyl (C=O) groups excluding carboxylic acids is 1. The Morgan fingerprint density at radius 2 is 2.19 bits per heavy atom. The van der Waals surface area contributed by atoms with E-state index in [9.17, 15) is 4.79 Å². The van der Waals surface area contributed by atoms with E-state index < -0.39 is 0 Å². The number of ether oxygens (including phenoxy) is 2. The highest BCUT2D eigenvalue weighted by molar-refractivity contribution is 5.74. The first-order chi connectivity index (χ1) is 13.1. The molecule has 0 spiro atoms. The molecule has 0 amide bonds. The SMILES string of the molecule is CCCCOc1ncc(Cn2cc(CC(=O)OCC)c(/C=C\N)n2)cc1C. The van der Waals surface area contributed by atoms with Crippen LogP contribution in [-0.2, 0) is 22.5 Å². The maximum Gasteiger partial charge on any atom is 0.310 e. The number of pyridine rings is 1. The Morgan fingerprint density at radius 1 is 1.37 bits per heavy atom. The van der Waals surface area contributed by atoms with E-state index in [1.165, 1.54) is 6.20 Å². The molecule has 2 rings (SSSR count). The zero-order valence-corrected chi connectivity index (χ0v) is 16.3. The van der Waals surface area contributed by atoms with E-state index in [2.05, 4.69) is 17.0 Å². The van der Waals surface area contributed by atoms with Gasteiger partial charge in [0.25, 0.3) is 0 Å². The quantitative estimate of drug-likeness (QED) is 0.509. The lowest BCUT2D eigenvalue weighted by atomic mass is 10.2. The fourth-order valence-electron chi connectivity index (χ4n) is 2.65. The zero-order chi connectivity index (χ0) is 19.6. The highest BCUT2D eigenvalue weighted by Gasteiger charge is 2.13. The highest BCUT2D eigenvalue weighted by Crippen LogP contribution is 2.18. The standard InChI is InChI=1S/C20H28N4O3/c1-4-6-9-27-20-15(3)10-16(12-22-20)13-24-14-17(11-19(25)26-5-2)18(23-24)7-8-21/h7-8,10,12,14H,4-6,9,11,13,21H2,1-3H3/b8-7-. The van der Waals surface area contributed by atoms with Gasteiger partial charge in [-0.3, -0.25) is 9.48 Å². The third kappa shape index (κ3) is 6.13. The van der Waals surface area contributed by atoms with Crippen molar-refractivity contribution in [2.24, 2.45) is 5.73 Å². The average Bonchev–Trinajstić information content (AvgIpc) is 2.98. The number of hydrogen-bond acceptors (Lipinski definition) is 6. The minimum absolute atomic E-state index is 0.162. The van der Waals surface area contributed by atoms with Gasteiger partial charge >= 0.3 is 5.97 Å². The highest BCUT2D eigenvalue weighted by atomic mass is 16.5. The van der Waals surface area contributed by atoms with Crippen LogP contribution in [0.3, 0.4) is 0 Å². The molecule has 2 aromatic rings. The fraction of sp³-hybridized carbons (Fsp3) is 0.450. The molecule has 0 radical (unpaired) electrons. The summed E-state index contributed by atoms with van der Waals surface area (Å²) in [4.78, 5) is 16.2. The molecule has 2 aromatic heterocycles. The molecule has 0 aliphatic heterocycles. The molecule has 2 heterocycles. The van der Waals surface area contributed by atoms with Crippen LogP contribution < -0.4 is 10.5 Å². The van der Waals surface area contributed by atoms with Crippen molar-refractivity contribution in [2.75, 3.05) is 13.2 Å². The average molecular weight is 372 g/mol. The van der Waals surface area contributed by atoms with Crippen molar-refractivity contribution in [1.29, 1.82) is 0 Å². The van der Waals surface area contributed by atoms with E-state index in [-0.39, 0.29) is 12.4 Å². The van der Waals surface area contributed by atoms with Gasteiger partial charge in [0.05, 0.1) is 31.9 Å². The number of carbonyl (C=O) groups is 1. The van der Waals surface area contributed by atoms with Crippen LogP contribution in [0.1, 0.15) is 49.1 Å². The molecule has 2 N–H and O–H groups in total. The summed E-state index contributed by atoms with van der Waals surface area (Å²) in [6.45, 7) is 7.46. The van der Waals surface area contributed by atoms with Gasteiger partial charge in [-0.1, -0.05) is 13.3 Å². The van der Waals surface area contributed by atoms with Gasteiger partial charge in [0.15, 0.2) is 0 Å². The first-order valence-electron chi connectivity index (χ1n) is 9.25. The Morgan fingerprint density at radius 3 is 2.85 bits per heavy atom. The van der Waals surface area contributed by atoms with E-state index in [0.717, 1.165) is 29.5 Å². The molecule has 146 valence electrons. The molecular formula is C20H28N4O3. The Hall–Kier alpha value is -2.83. The molecule has 0 aliphatic carbocycles. The van der Waals surface area contributed by atoms with Crippen molar-refractivity contribution < 1.29 is 14.3 Å². The van der Waals surface area contributed by atoms with Crippen molar-refractivity contribution in [1.82, 2.24) is 14.8 Å². The molecule has 27 heavy (non-hydrogen) atoms. The second kappa shape index (κ2) is 10.4. The molecule has 7 nitrogen and oxygen atoms in total. The number of aryl methyl sites for hydroxylation is 1. The van der Waals surface area contributed by atoms with E-state index in [4.69, 9.17) is 15.2 Å². The predicted molar refractivity (Wildman–Crippen MR) is 104 cm³/mol. The molecule has 0 unspecified atom stereocenters. The lowest BCUT2D eigenvalue weighted by Crippen LogP contribution is -2.07. The number of nitrogens with two attached hydrogens (primary N) is 1. The zero-order valence-electron chi connectivity index (χ0n) is 16.3. The predicted octanol–water partition coefficient (Wildman–Crippen LogP) is 2.85. The van der Waals surface area contributed by atoms with Crippen LogP contribution in [-0.4, -0.2) is 33.9 Å². The second-order valence-corrected chi connectivity index (χ2v) is 6.25. The van der Waals surface area contributed by atoms with Gasteiger partial charge in [0.2, 0.25) is 5.88 Å². The number of aromatic nitrogens is 3. The Labute approximate surface area is 160 Å². The summed E-state index contributed by atoms with van der Waals surface area (Å²) in [6, 6.07) is 2.04. The minimum atomic E-state index is -0.283. The van der Waals surface area contributed by atoms with E-state index >= 15 is 0 Å². The van der Waals surface area contributed by atoms with Gasteiger partial charge in [-0.2, -0.15) is 5.10 Å². The van der Waals surface area contributed by atoms with E-state index in [1.54, 1.807) is 23.9 Å². The topological polar surface area (TPSA) is 92.3 Å². The second-order valence-electron chi connectivity index (χ2n) is 6.25. The van der Waals surface area contributed by atoms with Gasteiger partial charge in [-0.25, -0.2) is 4.98 Å². The van der Waals surface area contributed by atoms with E-state index in [0.29, 0.717) is 31.3 Å². The van der Waals surface area contributed by atoms with Crippen LogP contribution >= 0.6 is 0 Å². The molecule has 0 aromatic carbocycles. The normalized spacial score (nSPS) is 11.1. The summed E-state index contributed by atoms with van der Waals surface area (Å²) in [5.74, 6) is 0.386. The number of hydrogen-bond donors (Lipinski definition) is 1. The Kier molecular flexibility index (Phi) is 7.85. The summed E-state index contributed by atoms with van der Waals surface area (Å²) in [7, 11) is 0. The van der Waals surface area contributed by atoms with Crippen molar-refractivity contribution >= 4 is 12.0 Å². The minimum Gasteiger partial charge on any atom is -0.477 e. The molecule has 0 saturated carbocycles. The molecule has 0 bridgehead atoms. The maximum absolute atomic E-state index is 11.8. The van der Waals surface area contributed by atoms with E-state index in [1.807, 2.05) is 19.2 Å². The van der Waals surface area contributed by atoms with Gasteiger partial charge in [0.1, 0.15) is 0 Å². The van der Waals surface area contributed by atoms with Crippen LogP contribution in [0.2, 0.25) is 0 Å². The third-order valence-corrected chi connectivity index (χ3v) is 3.93. The summed E-state index contributed by atoms with van der Waals surface area (Å²) in [6.07, 6.45) is 8.98. The molecule has 0 fully saturated rings. The first kappa shape index (κ1) is 20.5.